The Morgan fingerprint density at radius 3 is 2.33 bits per heavy atom. The second kappa shape index (κ2) is 7.81. The van der Waals surface area contributed by atoms with E-state index in [1.165, 1.54) is 23.2 Å². The van der Waals surface area contributed by atoms with E-state index < -0.39 is 10.0 Å². The van der Waals surface area contributed by atoms with Gasteiger partial charge in [0.15, 0.2) is 0 Å². The van der Waals surface area contributed by atoms with Crippen LogP contribution in [-0.2, 0) is 10.0 Å². The van der Waals surface area contributed by atoms with E-state index in [2.05, 4.69) is 20.8 Å². The van der Waals surface area contributed by atoms with Crippen molar-refractivity contribution < 1.29 is 13.2 Å². The number of halogens is 1. The number of hydrogen-bond acceptors (Lipinski definition) is 4. The normalized spacial score (nSPS) is 22.3. The Labute approximate surface area is 169 Å². The number of hydrogen-bond donors (Lipinski definition) is 0. The third kappa shape index (κ3) is 4.23. The van der Waals surface area contributed by atoms with Gasteiger partial charge >= 0.3 is 0 Å². The lowest BCUT2D eigenvalue weighted by Gasteiger charge is -2.35. The summed E-state index contributed by atoms with van der Waals surface area (Å²) in [6.45, 7) is 5.45. The number of carbonyl (C=O) groups is 1. The fraction of sp³-hybridized carbons (Fsp3) is 0.632. The molecule has 4 rings (SSSR count). The number of piperazine rings is 1. The standard InChI is InChI=1S/C19H26BrN3O3S/c20-18-6-5-16(27(25,26)23-7-1-2-8-23)13-17(18)19(24)22-11-9-21(10-12-22)14-15-3-4-15/h5-6,13,15H,1-4,7-12,14H2. The van der Waals surface area contributed by atoms with E-state index in [-0.39, 0.29) is 10.8 Å². The van der Waals surface area contributed by atoms with E-state index in [9.17, 15) is 13.2 Å². The molecule has 1 aromatic carbocycles. The van der Waals surface area contributed by atoms with E-state index >= 15 is 0 Å². The number of benzene rings is 1. The first-order valence-corrected chi connectivity index (χ1v) is 12.0. The Hall–Kier alpha value is -0.960. The highest BCUT2D eigenvalue weighted by atomic mass is 79.9. The minimum Gasteiger partial charge on any atom is -0.336 e. The minimum absolute atomic E-state index is 0.0913. The summed E-state index contributed by atoms with van der Waals surface area (Å²) in [4.78, 5) is 17.5. The van der Waals surface area contributed by atoms with Crippen LogP contribution in [0.1, 0.15) is 36.0 Å². The Kier molecular flexibility index (Phi) is 5.60. The molecular weight excluding hydrogens is 430 g/mol. The number of sulfonamides is 1. The number of amides is 1. The van der Waals surface area contributed by atoms with Crippen molar-refractivity contribution in [1.29, 1.82) is 0 Å². The maximum Gasteiger partial charge on any atom is 0.255 e. The molecule has 8 heteroatoms. The molecule has 2 aliphatic heterocycles. The van der Waals surface area contributed by atoms with Crippen LogP contribution in [0.4, 0.5) is 0 Å². The van der Waals surface area contributed by atoms with Crippen LogP contribution in [0, 0.1) is 5.92 Å². The molecule has 27 heavy (non-hydrogen) atoms. The Bertz CT molecular complexity index is 811. The summed E-state index contributed by atoms with van der Waals surface area (Å²) in [6.07, 6.45) is 4.47. The summed E-state index contributed by atoms with van der Waals surface area (Å²) >= 11 is 3.43. The van der Waals surface area contributed by atoms with Crippen LogP contribution in [-0.4, -0.2) is 74.2 Å². The van der Waals surface area contributed by atoms with Gasteiger partial charge < -0.3 is 4.90 Å². The highest BCUT2D eigenvalue weighted by molar-refractivity contribution is 9.10. The predicted octanol–water partition coefficient (Wildman–Crippen LogP) is 2.40. The smallest absolute Gasteiger partial charge is 0.255 e. The SMILES string of the molecule is O=C(c1cc(S(=O)(=O)N2CCCC2)ccc1Br)N1CCN(CC2CC2)CC1. The molecule has 0 bridgehead atoms. The lowest BCUT2D eigenvalue weighted by atomic mass is 10.1. The molecule has 3 aliphatic rings. The molecule has 1 aliphatic carbocycles. The summed E-state index contributed by atoms with van der Waals surface area (Å²) in [7, 11) is -3.52. The van der Waals surface area contributed by atoms with Gasteiger partial charge in [-0.05, 0) is 65.7 Å². The van der Waals surface area contributed by atoms with Gasteiger partial charge in [-0.25, -0.2) is 8.42 Å². The van der Waals surface area contributed by atoms with Gasteiger partial charge in [0.2, 0.25) is 10.0 Å². The molecule has 3 fully saturated rings. The van der Waals surface area contributed by atoms with E-state index in [4.69, 9.17) is 0 Å². The van der Waals surface area contributed by atoms with Gasteiger partial charge in [-0.15, -0.1) is 0 Å². The maximum absolute atomic E-state index is 13.0. The number of rotatable bonds is 5. The van der Waals surface area contributed by atoms with Gasteiger partial charge in [0.25, 0.3) is 5.91 Å². The van der Waals surface area contributed by atoms with Crippen LogP contribution in [0.25, 0.3) is 0 Å². The lowest BCUT2D eigenvalue weighted by Crippen LogP contribution is -2.49. The summed E-state index contributed by atoms with van der Waals surface area (Å²) in [5.41, 5.74) is 0.436. The van der Waals surface area contributed by atoms with Gasteiger partial charge in [-0.2, -0.15) is 4.31 Å². The maximum atomic E-state index is 13.0. The molecule has 0 aromatic heterocycles. The molecule has 2 heterocycles. The largest absolute Gasteiger partial charge is 0.336 e. The summed E-state index contributed by atoms with van der Waals surface area (Å²) < 4.78 is 27.8. The molecule has 1 amide bonds. The van der Waals surface area contributed by atoms with Gasteiger partial charge in [-0.3, -0.25) is 9.69 Å². The first kappa shape index (κ1) is 19.4. The van der Waals surface area contributed by atoms with Crippen molar-refractivity contribution in [2.24, 2.45) is 5.92 Å². The second-order valence-electron chi connectivity index (χ2n) is 7.79. The summed E-state index contributed by atoms with van der Waals surface area (Å²) in [6, 6.07) is 4.80. The lowest BCUT2D eigenvalue weighted by molar-refractivity contribution is 0.0631. The van der Waals surface area contributed by atoms with Crippen LogP contribution in [0.15, 0.2) is 27.6 Å². The molecule has 2 saturated heterocycles. The van der Waals surface area contributed by atoms with Gasteiger partial charge in [-0.1, -0.05) is 0 Å². The average Bonchev–Trinajstić information content (AvgIpc) is 3.29. The highest BCUT2D eigenvalue weighted by Crippen LogP contribution is 2.30. The van der Waals surface area contributed by atoms with E-state index in [1.54, 1.807) is 12.1 Å². The zero-order valence-corrected chi connectivity index (χ0v) is 17.8. The molecule has 6 nitrogen and oxygen atoms in total. The van der Waals surface area contributed by atoms with Gasteiger partial charge in [0.1, 0.15) is 0 Å². The van der Waals surface area contributed by atoms with Crippen molar-refractivity contribution in [2.45, 2.75) is 30.6 Å². The summed E-state index contributed by atoms with van der Waals surface area (Å²) in [5.74, 6) is 0.764. The third-order valence-electron chi connectivity index (χ3n) is 5.74. The third-order valence-corrected chi connectivity index (χ3v) is 8.33. The van der Waals surface area contributed by atoms with E-state index in [0.29, 0.717) is 36.2 Å². The molecule has 148 valence electrons. The molecule has 1 aromatic rings. The predicted molar refractivity (Wildman–Crippen MR) is 107 cm³/mol. The quantitative estimate of drug-likeness (QED) is 0.683. The first-order valence-electron chi connectivity index (χ1n) is 9.76. The average molecular weight is 456 g/mol. The molecular formula is C19H26BrN3O3S. The fourth-order valence-corrected chi connectivity index (χ4v) is 5.84. The zero-order valence-electron chi connectivity index (χ0n) is 15.4. The van der Waals surface area contributed by atoms with Gasteiger partial charge in [0, 0.05) is 50.3 Å². The Balaban J connectivity index is 1.48. The van der Waals surface area contributed by atoms with Crippen LogP contribution >= 0.6 is 15.9 Å². The van der Waals surface area contributed by atoms with Crippen molar-refractivity contribution in [3.8, 4) is 0 Å². The van der Waals surface area contributed by atoms with E-state index in [0.717, 1.165) is 38.4 Å². The van der Waals surface area contributed by atoms with Crippen LogP contribution < -0.4 is 0 Å². The highest BCUT2D eigenvalue weighted by Gasteiger charge is 2.31. The van der Waals surface area contributed by atoms with Crippen molar-refractivity contribution in [3.63, 3.8) is 0 Å². The molecule has 1 saturated carbocycles. The Morgan fingerprint density at radius 1 is 1.04 bits per heavy atom. The fourth-order valence-electron chi connectivity index (χ4n) is 3.88. The molecule has 0 atom stereocenters. The summed E-state index contributed by atoms with van der Waals surface area (Å²) in [5, 5.41) is 0. The van der Waals surface area contributed by atoms with Crippen LogP contribution in [0.2, 0.25) is 0 Å². The monoisotopic (exact) mass is 455 g/mol. The van der Waals surface area contributed by atoms with Crippen molar-refractivity contribution in [3.05, 3.63) is 28.2 Å². The molecule has 0 unspecified atom stereocenters. The van der Waals surface area contributed by atoms with Crippen LogP contribution in [0.3, 0.4) is 0 Å². The zero-order chi connectivity index (χ0) is 19.0. The molecule has 0 spiro atoms. The minimum atomic E-state index is -3.52. The van der Waals surface area contributed by atoms with Crippen molar-refractivity contribution in [2.75, 3.05) is 45.8 Å². The van der Waals surface area contributed by atoms with Gasteiger partial charge in [0.05, 0.1) is 10.5 Å². The van der Waals surface area contributed by atoms with E-state index in [1.807, 2.05) is 4.90 Å². The topological polar surface area (TPSA) is 60.9 Å². The van der Waals surface area contributed by atoms with Crippen molar-refractivity contribution in [1.82, 2.24) is 14.1 Å². The molecule has 0 N–H and O–H groups in total. The second-order valence-corrected chi connectivity index (χ2v) is 10.6. The Morgan fingerprint density at radius 2 is 1.70 bits per heavy atom. The van der Waals surface area contributed by atoms with Crippen molar-refractivity contribution >= 4 is 31.9 Å². The molecule has 0 radical (unpaired) electrons. The number of carbonyl (C=O) groups excluding carboxylic acids is 1. The first-order chi connectivity index (χ1) is 12.9. The number of nitrogens with zero attached hydrogens (tertiary/aromatic N) is 3. The van der Waals surface area contributed by atoms with Crippen LogP contribution in [0.5, 0.6) is 0 Å².